The molecule has 0 aromatic heterocycles. The molecule has 0 aliphatic heterocycles. The molecule has 106 valence electrons. The molecule has 1 N–H and O–H groups in total. The van der Waals surface area contributed by atoms with Crippen LogP contribution < -0.4 is 4.74 Å². The first-order valence-electron chi connectivity index (χ1n) is 6.22. The quantitative estimate of drug-likeness (QED) is 0.757. The van der Waals surface area contributed by atoms with E-state index in [0.717, 1.165) is 25.8 Å². The van der Waals surface area contributed by atoms with Gasteiger partial charge in [0.2, 0.25) is 0 Å². The molecule has 0 saturated heterocycles. The zero-order valence-electron chi connectivity index (χ0n) is 11.6. The minimum Gasteiger partial charge on any atom is -0.496 e. The predicted molar refractivity (Wildman–Crippen MR) is 90.7 cm³/mol. The van der Waals surface area contributed by atoms with Crippen LogP contribution in [0, 0.1) is 17.4 Å². The first-order valence-corrected chi connectivity index (χ1v) is 7.68. The Labute approximate surface area is 137 Å². The summed E-state index contributed by atoms with van der Waals surface area (Å²) in [5.74, 6) is 0.699. The summed E-state index contributed by atoms with van der Waals surface area (Å²) in [6, 6.07) is 9.55. The molecule has 0 heterocycles. The molecule has 20 heavy (non-hydrogen) atoms. The molecule has 0 fully saturated rings. The molecule has 2 aromatic rings. The molecule has 0 bridgehead atoms. The van der Waals surface area contributed by atoms with Crippen molar-refractivity contribution in [2.75, 3.05) is 7.11 Å². The van der Waals surface area contributed by atoms with Crippen molar-refractivity contribution in [2.45, 2.75) is 20.0 Å². The van der Waals surface area contributed by atoms with E-state index in [-0.39, 0.29) is 0 Å². The van der Waals surface area contributed by atoms with Crippen LogP contribution in [0.3, 0.4) is 0 Å². The minimum atomic E-state index is -0.750. The Morgan fingerprint density at radius 2 is 1.90 bits per heavy atom. The number of aryl methyl sites for hydroxylation is 2. The number of ether oxygens (including phenoxy) is 1. The monoisotopic (exact) mass is 402 g/mol. The molecule has 0 spiro atoms. The maximum Gasteiger partial charge on any atom is 0.125 e. The van der Waals surface area contributed by atoms with Gasteiger partial charge in [-0.2, -0.15) is 0 Å². The van der Waals surface area contributed by atoms with Gasteiger partial charge in [0.25, 0.3) is 0 Å². The third kappa shape index (κ3) is 3.10. The molecule has 0 amide bonds. The lowest BCUT2D eigenvalue weighted by Crippen LogP contribution is -2.05. The summed E-state index contributed by atoms with van der Waals surface area (Å²) in [7, 11) is 1.62. The van der Waals surface area contributed by atoms with Crippen LogP contribution >= 0.6 is 34.2 Å². The third-order valence-corrected chi connectivity index (χ3v) is 4.82. The summed E-state index contributed by atoms with van der Waals surface area (Å²) >= 11 is 8.30. The third-order valence-electron chi connectivity index (χ3n) is 3.25. The van der Waals surface area contributed by atoms with E-state index < -0.39 is 6.10 Å². The van der Waals surface area contributed by atoms with Crippen molar-refractivity contribution in [2.24, 2.45) is 0 Å². The highest BCUT2D eigenvalue weighted by molar-refractivity contribution is 14.1. The standard InChI is InChI=1S/C16H16ClIO2/c1-9-6-10(2)15(14(7-9)20-3)16(19)11-4-5-13(18)12(17)8-11/h4-8,16,19H,1-3H3. The Balaban J connectivity index is 2.52. The van der Waals surface area contributed by atoms with E-state index in [2.05, 4.69) is 22.6 Å². The Morgan fingerprint density at radius 3 is 2.50 bits per heavy atom. The highest BCUT2D eigenvalue weighted by Crippen LogP contribution is 2.35. The molecule has 0 aliphatic carbocycles. The largest absolute Gasteiger partial charge is 0.496 e. The van der Waals surface area contributed by atoms with Crippen molar-refractivity contribution < 1.29 is 9.84 Å². The normalized spacial score (nSPS) is 12.3. The van der Waals surface area contributed by atoms with Crippen LogP contribution in [-0.4, -0.2) is 12.2 Å². The molecule has 2 aromatic carbocycles. The molecule has 0 radical (unpaired) electrons. The van der Waals surface area contributed by atoms with Gasteiger partial charge in [0.05, 0.1) is 12.1 Å². The molecule has 2 nitrogen and oxygen atoms in total. The SMILES string of the molecule is COc1cc(C)cc(C)c1C(O)c1ccc(I)c(Cl)c1. The Kier molecular flexibility index (Phi) is 4.94. The first kappa shape index (κ1) is 15.6. The fourth-order valence-corrected chi connectivity index (χ4v) is 2.83. The Morgan fingerprint density at radius 1 is 1.20 bits per heavy atom. The van der Waals surface area contributed by atoms with E-state index in [9.17, 15) is 5.11 Å². The summed E-state index contributed by atoms with van der Waals surface area (Å²) in [5.41, 5.74) is 3.66. The van der Waals surface area contributed by atoms with Crippen molar-refractivity contribution in [3.63, 3.8) is 0 Å². The van der Waals surface area contributed by atoms with Crippen molar-refractivity contribution >= 4 is 34.2 Å². The molecular weight excluding hydrogens is 387 g/mol. The fraction of sp³-hybridized carbons (Fsp3) is 0.250. The van der Waals surface area contributed by atoms with Gasteiger partial charge in [-0.3, -0.25) is 0 Å². The van der Waals surface area contributed by atoms with Gasteiger partial charge >= 0.3 is 0 Å². The lowest BCUT2D eigenvalue weighted by molar-refractivity contribution is 0.214. The summed E-state index contributed by atoms with van der Waals surface area (Å²) in [5, 5.41) is 11.3. The van der Waals surface area contributed by atoms with E-state index in [1.165, 1.54) is 0 Å². The average molecular weight is 403 g/mol. The number of benzene rings is 2. The smallest absolute Gasteiger partial charge is 0.125 e. The van der Waals surface area contributed by atoms with Crippen LogP contribution in [0.15, 0.2) is 30.3 Å². The van der Waals surface area contributed by atoms with Crippen molar-refractivity contribution in [1.29, 1.82) is 0 Å². The summed E-state index contributed by atoms with van der Waals surface area (Å²) in [6.07, 6.45) is -0.750. The number of hydrogen-bond acceptors (Lipinski definition) is 2. The van der Waals surface area contributed by atoms with E-state index >= 15 is 0 Å². The van der Waals surface area contributed by atoms with Crippen LogP contribution in [-0.2, 0) is 0 Å². The van der Waals surface area contributed by atoms with Crippen LogP contribution in [0.2, 0.25) is 5.02 Å². The number of hydrogen-bond donors (Lipinski definition) is 1. The zero-order valence-corrected chi connectivity index (χ0v) is 14.5. The first-order chi connectivity index (χ1) is 9.43. The van der Waals surface area contributed by atoms with Gasteiger partial charge in [-0.15, -0.1) is 0 Å². The average Bonchev–Trinajstić information content (AvgIpc) is 2.40. The summed E-state index contributed by atoms with van der Waals surface area (Å²) in [4.78, 5) is 0. The van der Waals surface area contributed by atoms with E-state index in [1.54, 1.807) is 13.2 Å². The lowest BCUT2D eigenvalue weighted by Gasteiger charge is -2.19. The van der Waals surface area contributed by atoms with Crippen LogP contribution in [0.25, 0.3) is 0 Å². The molecule has 0 aliphatic rings. The van der Waals surface area contributed by atoms with Crippen molar-refractivity contribution in [1.82, 2.24) is 0 Å². The van der Waals surface area contributed by atoms with Crippen molar-refractivity contribution in [3.8, 4) is 5.75 Å². The predicted octanol–water partition coefficient (Wildman–Crippen LogP) is 4.65. The second-order valence-electron chi connectivity index (χ2n) is 4.77. The number of rotatable bonds is 3. The zero-order chi connectivity index (χ0) is 14.9. The van der Waals surface area contributed by atoms with Gasteiger partial charge < -0.3 is 9.84 Å². The van der Waals surface area contributed by atoms with Crippen LogP contribution in [0.4, 0.5) is 0 Å². The van der Waals surface area contributed by atoms with Gasteiger partial charge in [0.15, 0.2) is 0 Å². The van der Waals surface area contributed by atoms with Gasteiger partial charge in [-0.25, -0.2) is 0 Å². The van der Waals surface area contributed by atoms with Crippen LogP contribution in [0.5, 0.6) is 5.75 Å². The number of aliphatic hydroxyl groups is 1. The Bertz CT molecular complexity index is 641. The number of methoxy groups -OCH3 is 1. The molecule has 1 unspecified atom stereocenters. The maximum atomic E-state index is 10.6. The Hall–Kier alpha value is -0.780. The maximum absolute atomic E-state index is 10.6. The molecular formula is C16H16ClIO2. The minimum absolute atomic E-state index is 0.644. The topological polar surface area (TPSA) is 29.5 Å². The summed E-state index contributed by atoms with van der Waals surface area (Å²) < 4.78 is 6.37. The van der Waals surface area contributed by atoms with E-state index in [4.69, 9.17) is 16.3 Å². The molecule has 2 rings (SSSR count). The fourth-order valence-electron chi connectivity index (χ4n) is 2.31. The highest BCUT2D eigenvalue weighted by atomic mass is 127. The van der Waals surface area contributed by atoms with Gasteiger partial charge in [0, 0.05) is 9.13 Å². The highest BCUT2D eigenvalue weighted by Gasteiger charge is 2.19. The second-order valence-corrected chi connectivity index (χ2v) is 6.34. The van der Waals surface area contributed by atoms with Gasteiger partial charge in [0.1, 0.15) is 11.9 Å². The number of aliphatic hydroxyl groups excluding tert-OH is 1. The molecule has 4 heteroatoms. The van der Waals surface area contributed by atoms with E-state index in [0.29, 0.717) is 10.8 Å². The second kappa shape index (κ2) is 6.33. The van der Waals surface area contributed by atoms with Gasteiger partial charge in [-0.05, 0) is 71.3 Å². The molecule has 0 saturated carbocycles. The summed E-state index contributed by atoms with van der Waals surface area (Å²) in [6.45, 7) is 3.98. The van der Waals surface area contributed by atoms with Gasteiger partial charge in [-0.1, -0.05) is 23.7 Å². The van der Waals surface area contributed by atoms with Crippen molar-refractivity contribution in [3.05, 3.63) is 61.2 Å². The van der Waals surface area contributed by atoms with E-state index in [1.807, 2.05) is 38.1 Å². The lowest BCUT2D eigenvalue weighted by atomic mass is 9.95. The number of halogens is 2. The molecule has 1 atom stereocenters. The van der Waals surface area contributed by atoms with Crippen LogP contribution in [0.1, 0.15) is 28.4 Å².